The molecule has 0 spiro atoms. The van der Waals surface area contributed by atoms with Gasteiger partial charge in [0.05, 0.1) is 11.7 Å². The average Bonchev–Trinajstić information content (AvgIpc) is 3.03. The summed E-state index contributed by atoms with van der Waals surface area (Å²) in [6.45, 7) is 9.06. The molecule has 29 heavy (non-hydrogen) atoms. The van der Waals surface area contributed by atoms with Crippen LogP contribution in [0.5, 0.6) is 0 Å². The molecule has 2 aromatic heterocycles. The van der Waals surface area contributed by atoms with E-state index in [2.05, 4.69) is 32.7 Å². The van der Waals surface area contributed by atoms with E-state index >= 15 is 0 Å². The van der Waals surface area contributed by atoms with Crippen molar-refractivity contribution < 1.29 is 9.53 Å². The Morgan fingerprint density at radius 1 is 1.24 bits per heavy atom. The van der Waals surface area contributed by atoms with Crippen molar-refractivity contribution in [1.29, 1.82) is 0 Å². The van der Waals surface area contributed by atoms with Crippen LogP contribution >= 0.6 is 11.3 Å². The Kier molecular flexibility index (Phi) is 5.58. The SMILES string of the molecule is CC1CCC(OC(=O)Cn2cnc3sc4c(c3c2=O)CCC(C(C)(C)C)C4)CC1. The maximum atomic E-state index is 13.1. The lowest BCUT2D eigenvalue weighted by Gasteiger charge is -2.33. The van der Waals surface area contributed by atoms with E-state index < -0.39 is 0 Å². The van der Waals surface area contributed by atoms with Gasteiger partial charge in [-0.3, -0.25) is 14.2 Å². The Hall–Kier alpha value is -1.69. The molecule has 0 amide bonds. The average molecular weight is 417 g/mol. The third-order valence-electron chi connectivity index (χ3n) is 6.82. The van der Waals surface area contributed by atoms with Gasteiger partial charge in [-0.05, 0) is 67.8 Å². The summed E-state index contributed by atoms with van der Waals surface area (Å²) in [7, 11) is 0. The highest BCUT2D eigenvalue weighted by Crippen LogP contribution is 2.41. The van der Waals surface area contributed by atoms with E-state index in [-0.39, 0.29) is 29.6 Å². The summed E-state index contributed by atoms with van der Waals surface area (Å²) in [6, 6.07) is 0. The fourth-order valence-corrected chi connectivity index (χ4v) is 6.02. The predicted octanol–water partition coefficient (Wildman–Crippen LogP) is 4.73. The first-order chi connectivity index (χ1) is 13.7. The molecule has 158 valence electrons. The van der Waals surface area contributed by atoms with Crippen LogP contribution in [-0.4, -0.2) is 21.6 Å². The monoisotopic (exact) mass is 416 g/mol. The molecule has 1 unspecified atom stereocenters. The van der Waals surface area contributed by atoms with E-state index in [4.69, 9.17) is 4.74 Å². The number of nitrogens with zero attached hydrogens (tertiary/aromatic N) is 2. The lowest BCUT2D eigenvalue weighted by Crippen LogP contribution is -2.30. The van der Waals surface area contributed by atoms with Crippen LogP contribution in [0, 0.1) is 17.3 Å². The summed E-state index contributed by atoms with van der Waals surface area (Å²) in [5.74, 6) is 1.00. The summed E-state index contributed by atoms with van der Waals surface area (Å²) in [5.41, 5.74) is 1.32. The molecule has 5 nitrogen and oxygen atoms in total. The second-order valence-corrected chi connectivity index (χ2v) is 11.1. The lowest BCUT2D eigenvalue weighted by molar-refractivity contribution is -0.151. The second-order valence-electron chi connectivity index (χ2n) is 10.0. The highest BCUT2D eigenvalue weighted by Gasteiger charge is 2.32. The van der Waals surface area contributed by atoms with Crippen LogP contribution in [0.4, 0.5) is 0 Å². The number of hydrogen-bond donors (Lipinski definition) is 0. The Labute approximate surface area is 176 Å². The first-order valence-electron chi connectivity index (χ1n) is 10.9. The van der Waals surface area contributed by atoms with Crippen LogP contribution in [0.2, 0.25) is 0 Å². The van der Waals surface area contributed by atoms with Crippen molar-refractivity contribution in [2.75, 3.05) is 0 Å². The number of hydrogen-bond acceptors (Lipinski definition) is 5. The number of fused-ring (bicyclic) bond motifs is 3. The standard InChI is InChI=1S/C23H32N2O3S/c1-14-5-8-16(9-6-14)28-19(26)12-25-13-24-21-20(22(25)27)17-10-7-15(23(2,3)4)11-18(17)29-21/h13-16H,5-12H2,1-4H3. The molecule has 2 heterocycles. The molecule has 0 saturated heterocycles. The molecule has 4 rings (SSSR count). The van der Waals surface area contributed by atoms with Crippen molar-refractivity contribution in [2.24, 2.45) is 17.3 Å². The number of thiophene rings is 1. The molecule has 0 N–H and O–H groups in total. The van der Waals surface area contributed by atoms with Gasteiger partial charge < -0.3 is 4.74 Å². The van der Waals surface area contributed by atoms with Gasteiger partial charge in [-0.2, -0.15) is 0 Å². The van der Waals surface area contributed by atoms with Gasteiger partial charge in [0.25, 0.3) is 5.56 Å². The zero-order chi connectivity index (χ0) is 20.8. The van der Waals surface area contributed by atoms with Gasteiger partial charge in [0.2, 0.25) is 0 Å². The lowest BCUT2D eigenvalue weighted by atomic mass is 9.72. The minimum atomic E-state index is -0.329. The Bertz CT molecular complexity index is 961. The Balaban J connectivity index is 1.52. The van der Waals surface area contributed by atoms with Crippen LogP contribution in [-0.2, 0) is 28.9 Å². The molecule has 1 saturated carbocycles. The van der Waals surface area contributed by atoms with E-state index in [1.165, 1.54) is 15.8 Å². The van der Waals surface area contributed by atoms with E-state index in [0.717, 1.165) is 60.7 Å². The van der Waals surface area contributed by atoms with Crippen molar-refractivity contribution in [3.63, 3.8) is 0 Å². The summed E-state index contributed by atoms with van der Waals surface area (Å²) in [4.78, 5) is 32.2. The van der Waals surface area contributed by atoms with Gasteiger partial charge >= 0.3 is 5.97 Å². The van der Waals surface area contributed by atoms with Crippen LogP contribution in [0.1, 0.15) is 70.2 Å². The topological polar surface area (TPSA) is 61.2 Å². The first kappa shape index (κ1) is 20.6. The highest BCUT2D eigenvalue weighted by atomic mass is 32.1. The highest BCUT2D eigenvalue weighted by molar-refractivity contribution is 7.18. The summed E-state index contributed by atoms with van der Waals surface area (Å²) < 4.78 is 7.06. The zero-order valence-corrected chi connectivity index (χ0v) is 18.8. The molecular formula is C23H32N2O3S. The number of carbonyl (C=O) groups excluding carboxylic acids is 1. The molecule has 1 atom stereocenters. The molecule has 1 fully saturated rings. The molecule has 2 aliphatic carbocycles. The molecule has 2 aliphatic rings. The van der Waals surface area contributed by atoms with Crippen LogP contribution in [0.25, 0.3) is 10.2 Å². The smallest absolute Gasteiger partial charge is 0.326 e. The summed E-state index contributed by atoms with van der Waals surface area (Å²) in [6.07, 6.45) is 8.58. The van der Waals surface area contributed by atoms with Gasteiger partial charge in [0, 0.05) is 4.88 Å². The molecule has 0 aliphatic heterocycles. The van der Waals surface area contributed by atoms with Crippen LogP contribution in [0.3, 0.4) is 0 Å². The quantitative estimate of drug-likeness (QED) is 0.679. The molecule has 0 radical (unpaired) electrons. The van der Waals surface area contributed by atoms with Crippen LogP contribution < -0.4 is 5.56 Å². The Morgan fingerprint density at radius 2 is 1.97 bits per heavy atom. The van der Waals surface area contributed by atoms with Gasteiger partial charge in [-0.25, -0.2) is 4.98 Å². The van der Waals surface area contributed by atoms with Crippen molar-refractivity contribution >= 4 is 27.5 Å². The molecule has 6 heteroatoms. The maximum absolute atomic E-state index is 13.1. The van der Waals surface area contributed by atoms with Crippen LogP contribution in [0.15, 0.2) is 11.1 Å². The van der Waals surface area contributed by atoms with Gasteiger partial charge in [0.1, 0.15) is 17.5 Å². The Morgan fingerprint density at radius 3 is 2.66 bits per heavy atom. The maximum Gasteiger partial charge on any atom is 0.326 e. The minimum Gasteiger partial charge on any atom is -0.461 e. The summed E-state index contributed by atoms with van der Waals surface area (Å²) in [5, 5.41) is 0.721. The second kappa shape index (κ2) is 7.86. The third kappa shape index (κ3) is 4.27. The van der Waals surface area contributed by atoms with E-state index in [0.29, 0.717) is 11.8 Å². The fourth-order valence-electron chi connectivity index (χ4n) is 4.76. The van der Waals surface area contributed by atoms with Gasteiger partial charge in [-0.15, -0.1) is 11.3 Å². The first-order valence-corrected chi connectivity index (χ1v) is 11.7. The fraction of sp³-hybridized carbons (Fsp3) is 0.696. The number of ether oxygens (including phenoxy) is 1. The van der Waals surface area contributed by atoms with E-state index in [9.17, 15) is 9.59 Å². The van der Waals surface area contributed by atoms with Crippen molar-refractivity contribution in [1.82, 2.24) is 9.55 Å². The largest absolute Gasteiger partial charge is 0.461 e. The third-order valence-corrected chi connectivity index (χ3v) is 7.98. The van der Waals surface area contributed by atoms with Crippen molar-refractivity contribution in [3.8, 4) is 0 Å². The molecule has 0 bridgehead atoms. The summed E-state index contributed by atoms with van der Waals surface area (Å²) >= 11 is 1.65. The number of aromatic nitrogens is 2. The molecule has 2 aromatic rings. The van der Waals surface area contributed by atoms with Crippen molar-refractivity contribution in [2.45, 2.75) is 85.3 Å². The molecule has 0 aromatic carbocycles. The van der Waals surface area contributed by atoms with Gasteiger partial charge in [-0.1, -0.05) is 27.7 Å². The zero-order valence-electron chi connectivity index (χ0n) is 18.0. The normalized spacial score (nSPS) is 25.0. The van der Waals surface area contributed by atoms with E-state index in [1.54, 1.807) is 11.3 Å². The van der Waals surface area contributed by atoms with Gasteiger partial charge in [0.15, 0.2) is 0 Å². The van der Waals surface area contributed by atoms with Crippen molar-refractivity contribution in [3.05, 3.63) is 27.1 Å². The number of rotatable bonds is 3. The number of carbonyl (C=O) groups is 1. The van der Waals surface area contributed by atoms with E-state index in [1.807, 2.05) is 0 Å². The number of esters is 1. The number of aryl methyl sites for hydroxylation is 1. The molecular weight excluding hydrogens is 384 g/mol. The predicted molar refractivity (Wildman–Crippen MR) is 116 cm³/mol. The minimum absolute atomic E-state index is 0.00525.